The summed E-state index contributed by atoms with van der Waals surface area (Å²) in [5.74, 6) is 0. The second-order valence-corrected chi connectivity index (χ2v) is 13.5. The van der Waals surface area contributed by atoms with Gasteiger partial charge in [-0.15, -0.1) is 0 Å². The van der Waals surface area contributed by atoms with Gasteiger partial charge in [0.25, 0.3) is 0 Å². The molecule has 0 heterocycles. The van der Waals surface area contributed by atoms with Gasteiger partial charge < -0.3 is 0 Å². The monoisotopic (exact) mass is 392 g/mol. The molecule has 0 saturated carbocycles. The van der Waals surface area contributed by atoms with Gasteiger partial charge in [0, 0.05) is 0 Å². The summed E-state index contributed by atoms with van der Waals surface area (Å²) in [6.07, 6.45) is 4.18. The fourth-order valence-electron chi connectivity index (χ4n) is 4.58. The third-order valence-corrected chi connectivity index (χ3v) is 14.9. The summed E-state index contributed by atoms with van der Waals surface area (Å²) in [5.41, 5.74) is 5.81. The molecule has 2 aliphatic carbocycles. The molecule has 0 radical (unpaired) electrons. The Labute approximate surface area is 144 Å². The van der Waals surface area contributed by atoms with Gasteiger partial charge in [-0.3, -0.25) is 0 Å². The number of halogens is 2. The average Bonchev–Trinajstić information content (AvgIpc) is 3.04. The van der Waals surface area contributed by atoms with Crippen LogP contribution in [-0.4, -0.2) is 0 Å². The summed E-state index contributed by atoms with van der Waals surface area (Å²) in [6.45, 7) is 9.83. The van der Waals surface area contributed by atoms with Crippen LogP contribution in [0.2, 0.25) is 3.12 Å². The maximum atomic E-state index is 16.1. The first kappa shape index (κ1) is 17.0. The van der Waals surface area contributed by atoms with Crippen LogP contribution in [0.25, 0.3) is 6.08 Å². The first-order valence-corrected chi connectivity index (χ1v) is 12.8. The Morgan fingerprint density at radius 2 is 1.57 bits per heavy atom. The Morgan fingerprint density at radius 3 is 2.13 bits per heavy atom. The Kier molecular flexibility index (Phi) is 4.16. The predicted molar refractivity (Wildman–Crippen MR) is 90.2 cm³/mol. The normalized spacial score (nSPS) is 23.0. The topological polar surface area (TPSA) is 0 Å². The van der Waals surface area contributed by atoms with E-state index >= 15 is 5.25 Å². The molecular weight excluding hydrogens is 369 g/mol. The van der Waals surface area contributed by atoms with E-state index in [-0.39, 0.29) is 0 Å². The van der Waals surface area contributed by atoms with Gasteiger partial charge in [-0.05, 0) is 0 Å². The molecule has 3 rings (SSSR count). The quantitative estimate of drug-likeness (QED) is 0.522. The van der Waals surface area contributed by atoms with E-state index in [2.05, 4.69) is 0 Å². The van der Waals surface area contributed by atoms with Gasteiger partial charge in [-0.2, -0.15) is 0 Å². The van der Waals surface area contributed by atoms with Crippen LogP contribution in [0.15, 0.2) is 52.6 Å². The first-order chi connectivity index (χ1) is 10.8. The van der Waals surface area contributed by atoms with Crippen molar-refractivity contribution in [2.75, 3.05) is 0 Å². The molecule has 3 heteroatoms. The molecule has 0 aliphatic heterocycles. The summed E-state index contributed by atoms with van der Waals surface area (Å²) >= 11 is -5.57. The summed E-state index contributed by atoms with van der Waals surface area (Å²) in [4.78, 5) is 0. The van der Waals surface area contributed by atoms with Crippen LogP contribution in [0.3, 0.4) is 0 Å². The fourth-order valence-corrected chi connectivity index (χ4v) is 12.9. The van der Waals surface area contributed by atoms with Crippen LogP contribution in [0.5, 0.6) is 0 Å². The van der Waals surface area contributed by atoms with Crippen molar-refractivity contribution in [3.05, 3.63) is 63.8 Å². The SMILES string of the molecule is CC[C]1([Zr]([F])([F])[CH]2C=Cc3ccccc32)C(C)=C(C)C(C)=C1C. The molecule has 0 saturated heterocycles. The second-order valence-electron chi connectivity index (χ2n) is 6.85. The Bertz CT molecular complexity index is 729. The maximum absolute atomic E-state index is 16.1. The van der Waals surface area contributed by atoms with Crippen LogP contribution in [0, 0.1) is 0 Å². The van der Waals surface area contributed by atoms with E-state index in [1.807, 2.05) is 65.0 Å². The summed E-state index contributed by atoms with van der Waals surface area (Å²) in [5, 5.41) is 0. The van der Waals surface area contributed by atoms with Crippen LogP contribution in [0.1, 0.15) is 55.8 Å². The van der Waals surface area contributed by atoms with Crippen molar-refractivity contribution in [1.82, 2.24) is 0 Å². The summed E-state index contributed by atoms with van der Waals surface area (Å²) in [6, 6.07) is 7.65. The zero-order valence-electron chi connectivity index (χ0n) is 14.5. The minimum atomic E-state index is -5.57. The third kappa shape index (κ3) is 2.08. The van der Waals surface area contributed by atoms with Crippen molar-refractivity contribution >= 4 is 6.08 Å². The van der Waals surface area contributed by atoms with Crippen molar-refractivity contribution in [3.8, 4) is 0 Å². The van der Waals surface area contributed by atoms with Gasteiger partial charge in [-0.1, -0.05) is 0 Å². The molecule has 23 heavy (non-hydrogen) atoms. The van der Waals surface area contributed by atoms with Gasteiger partial charge in [0.2, 0.25) is 0 Å². The van der Waals surface area contributed by atoms with Gasteiger partial charge in [0.15, 0.2) is 0 Å². The van der Waals surface area contributed by atoms with Crippen molar-refractivity contribution < 1.29 is 26.7 Å². The van der Waals surface area contributed by atoms with E-state index in [4.69, 9.17) is 0 Å². The second kappa shape index (κ2) is 5.62. The van der Waals surface area contributed by atoms with Gasteiger partial charge >= 0.3 is 144 Å². The molecule has 1 aromatic rings. The first-order valence-electron chi connectivity index (χ1n) is 8.30. The molecule has 122 valence electrons. The molecule has 0 aromatic heterocycles. The molecule has 0 nitrogen and oxygen atoms in total. The van der Waals surface area contributed by atoms with E-state index < -0.39 is 28.2 Å². The molecule has 1 aromatic carbocycles. The molecule has 0 bridgehead atoms. The third-order valence-electron chi connectivity index (χ3n) is 6.26. The van der Waals surface area contributed by atoms with Crippen LogP contribution in [-0.2, 0) is 21.5 Å². The predicted octanol–water partition coefficient (Wildman–Crippen LogP) is 6.93. The van der Waals surface area contributed by atoms with Crippen molar-refractivity contribution in [3.63, 3.8) is 0 Å². The number of hydrogen-bond donors (Lipinski definition) is 0. The molecule has 1 atom stereocenters. The molecule has 0 spiro atoms. The Balaban J connectivity index is 2.19. The fraction of sp³-hybridized carbons (Fsp3) is 0.400. The van der Waals surface area contributed by atoms with Gasteiger partial charge in [-0.25, -0.2) is 0 Å². The molecule has 0 fully saturated rings. The average molecular weight is 394 g/mol. The zero-order chi connectivity index (χ0) is 17.0. The molecule has 2 aliphatic rings. The Hall–Kier alpha value is -0.817. The standard InChI is InChI=1S/C11H17.C9H7.2FH.Zr/c1-6-11-9(4)7(2)8(3)10(11)5;1-2-5-9-7-3-6-8(9)4-1;;;/h6H2,1-5H3;1-7H;2*1H;/q;;;;+2/p-2. The van der Waals surface area contributed by atoms with Crippen LogP contribution < -0.4 is 0 Å². The van der Waals surface area contributed by atoms with E-state index in [1.54, 1.807) is 6.08 Å². The van der Waals surface area contributed by atoms with Crippen LogP contribution >= 0.6 is 0 Å². The van der Waals surface area contributed by atoms with E-state index in [0.29, 0.717) is 6.42 Å². The Morgan fingerprint density at radius 1 is 1.00 bits per heavy atom. The number of fused-ring (bicyclic) bond motifs is 1. The van der Waals surface area contributed by atoms with Gasteiger partial charge in [0.05, 0.1) is 0 Å². The zero-order valence-corrected chi connectivity index (χ0v) is 17.0. The van der Waals surface area contributed by atoms with Gasteiger partial charge in [0.1, 0.15) is 0 Å². The van der Waals surface area contributed by atoms with E-state index in [0.717, 1.165) is 33.4 Å². The molecule has 0 N–H and O–H groups in total. The number of benzene rings is 1. The minimum absolute atomic E-state index is 0.509. The molecule has 0 amide bonds. The molecular formula is C20H24F2Zr. The number of hydrogen-bond acceptors (Lipinski definition) is 0. The number of allylic oxidation sites excluding steroid dienone is 5. The summed E-state index contributed by atoms with van der Waals surface area (Å²) < 4.78 is 30.6. The van der Waals surface area contributed by atoms with E-state index in [9.17, 15) is 0 Å². The van der Waals surface area contributed by atoms with Crippen molar-refractivity contribution in [2.24, 2.45) is 0 Å². The van der Waals surface area contributed by atoms with Crippen molar-refractivity contribution in [1.29, 1.82) is 0 Å². The number of rotatable bonds is 3. The van der Waals surface area contributed by atoms with Crippen LogP contribution in [0.4, 0.5) is 5.25 Å². The summed E-state index contributed by atoms with van der Waals surface area (Å²) in [7, 11) is 0. The molecule has 1 unspecified atom stereocenters. The van der Waals surface area contributed by atoms with E-state index in [1.165, 1.54) is 0 Å². The van der Waals surface area contributed by atoms with Crippen molar-refractivity contribution in [2.45, 2.75) is 47.8 Å².